The quantitative estimate of drug-likeness (QED) is 0.686. The Balaban J connectivity index is 1.87. The van der Waals surface area contributed by atoms with Gasteiger partial charge in [0.2, 0.25) is 0 Å². The zero-order valence-corrected chi connectivity index (χ0v) is 10.9. The molecule has 1 aliphatic heterocycles. The second kappa shape index (κ2) is 6.26. The minimum absolute atomic E-state index is 0.150. The Morgan fingerprint density at radius 2 is 1.80 bits per heavy atom. The number of rotatable bonds is 3. The molecule has 6 heteroatoms. The van der Waals surface area contributed by atoms with E-state index in [2.05, 4.69) is 5.32 Å². The van der Waals surface area contributed by atoms with Gasteiger partial charge in [-0.15, -0.1) is 0 Å². The van der Waals surface area contributed by atoms with Gasteiger partial charge in [-0.3, -0.25) is 4.79 Å². The van der Waals surface area contributed by atoms with E-state index in [9.17, 15) is 18.0 Å². The number of piperidine rings is 1. The van der Waals surface area contributed by atoms with Gasteiger partial charge in [0.05, 0.1) is 5.56 Å². The third-order valence-corrected chi connectivity index (χ3v) is 3.33. The highest BCUT2D eigenvalue weighted by atomic mass is 19.4. The lowest BCUT2D eigenvalue weighted by molar-refractivity contribution is -0.137. The van der Waals surface area contributed by atoms with Crippen molar-refractivity contribution in [1.82, 2.24) is 5.32 Å². The van der Waals surface area contributed by atoms with Gasteiger partial charge in [0.1, 0.15) is 5.75 Å². The lowest BCUT2D eigenvalue weighted by atomic mass is 9.95. The Bertz CT molecular complexity index is 450. The summed E-state index contributed by atoms with van der Waals surface area (Å²) < 4.78 is 42.2. The number of carbonyl (C=O) groups excluding carboxylic acids is 1. The van der Waals surface area contributed by atoms with Crippen LogP contribution in [-0.4, -0.2) is 19.1 Å². The van der Waals surface area contributed by atoms with Crippen LogP contribution in [0.25, 0.3) is 0 Å². The molecule has 0 bridgehead atoms. The van der Waals surface area contributed by atoms with Crippen molar-refractivity contribution in [3.63, 3.8) is 0 Å². The van der Waals surface area contributed by atoms with Gasteiger partial charge in [-0.1, -0.05) is 0 Å². The first-order chi connectivity index (χ1) is 9.45. The van der Waals surface area contributed by atoms with Crippen molar-refractivity contribution in [1.29, 1.82) is 0 Å². The Kier molecular flexibility index (Phi) is 4.65. The number of benzene rings is 1. The van der Waals surface area contributed by atoms with E-state index < -0.39 is 17.7 Å². The predicted molar refractivity (Wildman–Crippen MR) is 67.3 cm³/mol. The fourth-order valence-electron chi connectivity index (χ4n) is 2.21. The van der Waals surface area contributed by atoms with Gasteiger partial charge in [0.15, 0.2) is 0 Å². The fraction of sp³-hybridized carbons (Fsp3) is 0.500. The van der Waals surface area contributed by atoms with Gasteiger partial charge >= 0.3 is 12.1 Å². The Morgan fingerprint density at radius 3 is 2.35 bits per heavy atom. The van der Waals surface area contributed by atoms with Crippen LogP contribution in [0, 0.1) is 5.92 Å². The molecule has 0 atom stereocenters. The van der Waals surface area contributed by atoms with Crippen molar-refractivity contribution in [2.45, 2.75) is 25.4 Å². The molecule has 3 nitrogen and oxygen atoms in total. The summed E-state index contributed by atoms with van der Waals surface area (Å²) in [7, 11) is 0. The van der Waals surface area contributed by atoms with Crippen LogP contribution in [0.4, 0.5) is 13.2 Å². The normalized spacial score (nSPS) is 16.9. The molecule has 1 N–H and O–H groups in total. The number of esters is 1. The molecular weight excluding hydrogens is 271 g/mol. The summed E-state index contributed by atoms with van der Waals surface area (Å²) in [4.78, 5) is 11.7. The zero-order valence-electron chi connectivity index (χ0n) is 10.9. The largest absolute Gasteiger partial charge is 0.427 e. The third kappa shape index (κ3) is 4.23. The minimum atomic E-state index is -4.38. The Morgan fingerprint density at radius 1 is 1.20 bits per heavy atom. The monoisotopic (exact) mass is 287 g/mol. The fourth-order valence-corrected chi connectivity index (χ4v) is 2.21. The highest BCUT2D eigenvalue weighted by Gasteiger charge is 2.30. The van der Waals surface area contributed by atoms with Gasteiger partial charge in [-0.25, -0.2) is 0 Å². The van der Waals surface area contributed by atoms with Crippen LogP contribution in [0.1, 0.15) is 24.8 Å². The first-order valence-corrected chi connectivity index (χ1v) is 6.54. The molecule has 0 unspecified atom stereocenters. The molecular formula is C14H16F3NO2. The van der Waals surface area contributed by atoms with Crippen molar-refractivity contribution in [2.75, 3.05) is 13.1 Å². The third-order valence-electron chi connectivity index (χ3n) is 3.33. The summed E-state index contributed by atoms with van der Waals surface area (Å²) in [6, 6.07) is 4.16. The van der Waals surface area contributed by atoms with Gasteiger partial charge < -0.3 is 10.1 Å². The summed E-state index contributed by atoms with van der Waals surface area (Å²) >= 11 is 0. The number of hydrogen-bond acceptors (Lipinski definition) is 3. The maximum Gasteiger partial charge on any atom is 0.416 e. The van der Waals surface area contributed by atoms with E-state index in [0.29, 0.717) is 6.42 Å². The summed E-state index contributed by atoms with van der Waals surface area (Å²) in [5.41, 5.74) is -0.754. The highest BCUT2D eigenvalue weighted by molar-refractivity contribution is 5.72. The number of alkyl halides is 3. The van der Waals surface area contributed by atoms with Crippen LogP contribution in [0.15, 0.2) is 24.3 Å². The SMILES string of the molecule is O=C(CC1CCNCC1)Oc1ccc(C(F)(F)F)cc1. The molecule has 0 spiro atoms. The van der Waals surface area contributed by atoms with E-state index >= 15 is 0 Å². The van der Waals surface area contributed by atoms with Crippen molar-refractivity contribution >= 4 is 5.97 Å². The van der Waals surface area contributed by atoms with Crippen molar-refractivity contribution in [3.05, 3.63) is 29.8 Å². The summed E-state index contributed by atoms with van der Waals surface area (Å²) in [6.45, 7) is 1.77. The Hall–Kier alpha value is -1.56. The average Bonchev–Trinajstić information content (AvgIpc) is 2.39. The summed E-state index contributed by atoms with van der Waals surface area (Å²) in [6.07, 6.45) is -2.23. The van der Waals surface area contributed by atoms with Gasteiger partial charge in [-0.2, -0.15) is 13.2 Å². The van der Waals surface area contributed by atoms with Crippen molar-refractivity contribution in [2.24, 2.45) is 5.92 Å². The smallest absolute Gasteiger partial charge is 0.416 e. The lowest BCUT2D eigenvalue weighted by Crippen LogP contribution is -2.29. The molecule has 0 amide bonds. The van der Waals surface area contributed by atoms with Crippen molar-refractivity contribution < 1.29 is 22.7 Å². The summed E-state index contributed by atoms with van der Waals surface area (Å²) in [5, 5.41) is 3.20. The number of carbonyl (C=O) groups is 1. The van der Waals surface area contributed by atoms with E-state index in [0.717, 1.165) is 38.1 Å². The van der Waals surface area contributed by atoms with Crippen molar-refractivity contribution in [3.8, 4) is 5.75 Å². The molecule has 2 rings (SSSR count). The number of hydrogen-bond donors (Lipinski definition) is 1. The molecule has 1 aromatic rings. The van der Waals surface area contributed by atoms with E-state index in [1.165, 1.54) is 12.1 Å². The predicted octanol–water partition coefficient (Wildman–Crippen LogP) is 3.00. The molecule has 0 saturated carbocycles. The second-order valence-electron chi connectivity index (χ2n) is 4.89. The number of halogens is 3. The van der Waals surface area contributed by atoms with Gasteiger partial charge in [0, 0.05) is 6.42 Å². The minimum Gasteiger partial charge on any atom is -0.427 e. The van der Waals surface area contributed by atoms with Crippen LogP contribution in [0.3, 0.4) is 0 Å². The van der Waals surface area contributed by atoms with E-state index in [-0.39, 0.29) is 11.7 Å². The highest BCUT2D eigenvalue weighted by Crippen LogP contribution is 2.30. The van der Waals surface area contributed by atoms with Crippen LogP contribution < -0.4 is 10.1 Å². The molecule has 0 aromatic heterocycles. The number of ether oxygens (including phenoxy) is 1. The molecule has 0 radical (unpaired) electrons. The second-order valence-corrected chi connectivity index (χ2v) is 4.89. The van der Waals surface area contributed by atoms with Crippen LogP contribution in [-0.2, 0) is 11.0 Å². The topological polar surface area (TPSA) is 38.3 Å². The van der Waals surface area contributed by atoms with Gasteiger partial charge in [-0.05, 0) is 56.1 Å². The molecule has 110 valence electrons. The summed E-state index contributed by atoms with van der Waals surface area (Å²) in [5.74, 6) is 0.0480. The van der Waals surface area contributed by atoms with Gasteiger partial charge in [0.25, 0.3) is 0 Å². The van der Waals surface area contributed by atoms with E-state index in [1.807, 2.05) is 0 Å². The standard InChI is InChI=1S/C14H16F3NO2/c15-14(16,17)11-1-3-12(4-2-11)20-13(19)9-10-5-7-18-8-6-10/h1-4,10,18H,5-9H2. The molecule has 1 heterocycles. The maximum absolute atomic E-state index is 12.4. The molecule has 1 fully saturated rings. The average molecular weight is 287 g/mol. The number of nitrogens with one attached hydrogen (secondary N) is 1. The molecule has 1 aromatic carbocycles. The Labute approximate surface area is 115 Å². The molecule has 0 aliphatic carbocycles. The lowest BCUT2D eigenvalue weighted by Gasteiger charge is -2.21. The van der Waals surface area contributed by atoms with Crippen LogP contribution in [0.5, 0.6) is 5.75 Å². The van der Waals surface area contributed by atoms with Crippen LogP contribution >= 0.6 is 0 Å². The first kappa shape index (κ1) is 14.8. The molecule has 1 aliphatic rings. The maximum atomic E-state index is 12.4. The van der Waals surface area contributed by atoms with E-state index in [1.54, 1.807) is 0 Å². The van der Waals surface area contributed by atoms with Crippen LogP contribution in [0.2, 0.25) is 0 Å². The first-order valence-electron chi connectivity index (χ1n) is 6.54. The zero-order chi connectivity index (χ0) is 14.6. The van der Waals surface area contributed by atoms with E-state index in [4.69, 9.17) is 4.74 Å². The molecule has 1 saturated heterocycles. The molecule has 20 heavy (non-hydrogen) atoms.